The standard InChI is InChI=1S/C14H30N2S/c1-6-12(2)9-16(5)14(10-15)11-17-8-7-13(14,3)4/h12H,6-11,15H2,1-5H3. The van der Waals surface area contributed by atoms with Gasteiger partial charge < -0.3 is 5.73 Å². The molecule has 1 heterocycles. The van der Waals surface area contributed by atoms with Gasteiger partial charge in [0.2, 0.25) is 0 Å². The van der Waals surface area contributed by atoms with Crippen molar-refractivity contribution in [3.8, 4) is 0 Å². The topological polar surface area (TPSA) is 29.3 Å². The van der Waals surface area contributed by atoms with E-state index in [2.05, 4.69) is 51.4 Å². The first-order valence-corrected chi connectivity index (χ1v) is 8.04. The summed E-state index contributed by atoms with van der Waals surface area (Å²) in [7, 11) is 2.27. The lowest BCUT2D eigenvalue weighted by molar-refractivity contribution is 0.0116. The molecule has 2 unspecified atom stereocenters. The van der Waals surface area contributed by atoms with E-state index in [4.69, 9.17) is 5.73 Å². The molecule has 1 aliphatic rings. The maximum Gasteiger partial charge on any atom is 0.0470 e. The molecule has 0 aromatic rings. The van der Waals surface area contributed by atoms with Gasteiger partial charge in [0, 0.05) is 24.4 Å². The van der Waals surface area contributed by atoms with E-state index in [0.717, 1.165) is 19.0 Å². The zero-order valence-corrected chi connectivity index (χ0v) is 13.1. The Labute approximate surface area is 112 Å². The molecule has 3 heteroatoms. The fourth-order valence-electron chi connectivity index (χ4n) is 2.89. The smallest absolute Gasteiger partial charge is 0.0470 e. The average molecular weight is 258 g/mol. The third kappa shape index (κ3) is 2.99. The van der Waals surface area contributed by atoms with E-state index in [9.17, 15) is 0 Å². The van der Waals surface area contributed by atoms with E-state index < -0.39 is 0 Å². The molecule has 2 nitrogen and oxygen atoms in total. The molecule has 102 valence electrons. The minimum Gasteiger partial charge on any atom is -0.329 e. The first kappa shape index (κ1) is 15.3. The Balaban J connectivity index is 2.85. The van der Waals surface area contributed by atoms with Gasteiger partial charge in [-0.3, -0.25) is 4.90 Å². The first-order valence-electron chi connectivity index (χ1n) is 6.88. The van der Waals surface area contributed by atoms with Gasteiger partial charge in [0.1, 0.15) is 0 Å². The minimum atomic E-state index is 0.180. The highest BCUT2D eigenvalue weighted by Crippen LogP contribution is 2.45. The van der Waals surface area contributed by atoms with Crippen molar-refractivity contribution in [2.45, 2.75) is 46.1 Å². The van der Waals surface area contributed by atoms with Gasteiger partial charge >= 0.3 is 0 Å². The lowest BCUT2D eigenvalue weighted by Crippen LogP contribution is -2.65. The third-order valence-corrected chi connectivity index (χ3v) is 6.00. The molecular weight excluding hydrogens is 228 g/mol. The van der Waals surface area contributed by atoms with Crippen molar-refractivity contribution in [3.05, 3.63) is 0 Å². The molecule has 0 bridgehead atoms. The summed E-state index contributed by atoms with van der Waals surface area (Å²) in [4.78, 5) is 2.55. The van der Waals surface area contributed by atoms with Crippen LogP contribution in [0.3, 0.4) is 0 Å². The highest BCUT2D eigenvalue weighted by molar-refractivity contribution is 7.99. The van der Waals surface area contributed by atoms with Crippen molar-refractivity contribution in [1.29, 1.82) is 0 Å². The highest BCUT2D eigenvalue weighted by atomic mass is 32.2. The number of nitrogens with two attached hydrogens (primary N) is 1. The van der Waals surface area contributed by atoms with Crippen LogP contribution in [-0.4, -0.2) is 42.1 Å². The first-order chi connectivity index (χ1) is 7.89. The van der Waals surface area contributed by atoms with Crippen LogP contribution in [0.1, 0.15) is 40.5 Å². The van der Waals surface area contributed by atoms with E-state index >= 15 is 0 Å². The molecule has 0 radical (unpaired) electrons. The Morgan fingerprint density at radius 2 is 2.06 bits per heavy atom. The van der Waals surface area contributed by atoms with Crippen molar-refractivity contribution in [2.24, 2.45) is 17.1 Å². The quantitative estimate of drug-likeness (QED) is 0.822. The van der Waals surface area contributed by atoms with Crippen LogP contribution in [0.15, 0.2) is 0 Å². The van der Waals surface area contributed by atoms with Crippen molar-refractivity contribution in [2.75, 3.05) is 31.6 Å². The minimum absolute atomic E-state index is 0.180. The molecule has 0 amide bonds. The molecular formula is C14H30N2S. The van der Waals surface area contributed by atoms with Crippen LogP contribution in [0.25, 0.3) is 0 Å². The summed E-state index contributed by atoms with van der Waals surface area (Å²) in [6.45, 7) is 11.3. The second-order valence-electron chi connectivity index (χ2n) is 6.32. The molecule has 0 aromatic heterocycles. The average Bonchev–Trinajstić information content (AvgIpc) is 2.28. The Hall–Kier alpha value is 0.270. The van der Waals surface area contributed by atoms with E-state index in [1.54, 1.807) is 0 Å². The van der Waals surface area contributed by atoms with E-state index in [0.29, 0.717) is 5.41 Å². The van der Waals surface area contributed by atoms with Gasteiger partial charge in [-0.05, 0) is 30.6 Å². The summed E-state index contributed by atoms with van der Waals surface area (Å²) >= 11 is 2.07. The summed E-state index contributed by atoms with van der Waals surface area (Å²) in [5.41, 5.74) is 6.69. The van der Waals surface area contributed by atoms with Crippen LogP contribution in [0.5, 0.6) is 0 Å². The summed E-state index contributed by atoms with van der Waals surface area (Å²) in [6.07, 6.45) is 2.53. The SMILES string of the molecule is CCC(C)CN(C)C1(CN)CSCCC1(C)C. The van der Waals surface area contributed by atoms with Crippen LogP contribution < -0.4 is 5.73 Å². The van der Waals surface area contributed by atoms with Gasteiger partial charge in [-0.2, -0.15) is 11.8 Å². The summed E-state index contributed by atoms with van der Waals surface area (Å²) in [5, 5.41) is 0. The maximum absolute atomic E-state index is 6.18. The van der Waals surface area contributed by atoms with E-state index in [-0.39, 0.29) is 5.54 Å². The number of hydrogen-bond donors (Lipinski definition) is 1. The number of hydrogen-bond acceptors (Lipinski definition) is 3. The Morgan fingerprint density at radius 3 is 2.53 bits per heavy atom. The van der Waals surface area contributed by atoms with Crippen LogP contribution in [-0.2, 0) is 0 Å². The molecule has 0 saturated carbocycles. The Bertz CT molecular complexity index is 242. The zero-order valence-electron chi connectivity index (χ0n) is 12.3. The van der Waals surface area contributed by atoms with Crippen molar-refractivity contribution in [1.82, 2.24) is 4.90 Å². The van der Waals surface area contributed by atoms with Crippen LogP contribution in [0.4, 0.5) is 0 Å². The van der Waals surface area contributed by atoms with Crippen molar-refractivity contribution in [3.63, 3.8) is 0 Å². The maximum atomic E-state index is 6.18. The lowest BCUT2D eigenvalue weighted by Gasteiger charge is -2.55. The molecule has 0 aliphatic carbocycles. The predicted molar refractivity (Wildman–Crippen MR) is 79.6 cm³/mol. The number of nitrogens with zero attached hydrogens (tertiary/aromatic N) is 1. The zero-order chi connectivity index (χ0) is 13.1. The Morgan fingerprint density at radius 1 is 1.41 bits per heavy atom. The fraction of sp³-hybridized carbons (Fsp3) is 1.00. The molecule has 0 aromatic carbocycles. The van der Waals surface area contributed by atoms with Gasteiger partial charge in [-0.1, -0.05) is 34.1 Å². The summed E-state index contributed by atoms with van der Waals surface area (Å²) in [5.74, 6) is 3.22. The highest BCUT2D eigenvalue weighted by Gasteiger charge is 2.48. The second kappa shape index (κ2) is 5.94. The van der Waals surface area contributed by atoms with Gasteiger partial charge in [0.05, 0.1) is 0 Å². The third-order valence-electron chi connectivity index (χ3n) is 4.82. The van der Waals surface area contributed by atoms with Gasteiger partial charge in [0.25, 0.3) is 0 Å². The van der Waals surface area contributed by atoms with Crippen LogP contribution >= 0.6 is 11.8 Å². The number of likely N-dealkylation sites (N-methyl/N-ethyl adjacent to an activating group) is 1. The number of thioether (sulfide) groups is 1. The van der Waals surface area contributed by atoms with Gasteiger partial charge in [-0.15, -0.1) is 0 Å². The molecule has 1 rings (SSSR count). The second-order valence-corrected chi connectivity index (χ2v) is 7.42. The molecule has 0 spiro atoms. The van der Waals surface area contributed by atoms with E-state index in [1.807, 2.05) is 0 Å². The molecule has 1 fully saturated rings. The van der Waals surface area contributed by atoms with Crippen LogP contribution in [0.2, 0.25) is 0 Å². The fourth-order valence-corrected chi connectivity index (χ4v) is 4.75. The Kier molecular flexibility index (Phi) is 5.36. The normalized spacial score (nSPS) is 30.5. The van der Waals surface area contributed by atoms with E-state index in [1.165, 1.54) is 24.3 Å². The van der Waals surface area contributed by atoms with Crippen molar-refractivity contribution >= 4 is 11.8 Å². The molecule has 1 aliphatic heterocycles. The monoisotopic (exact) mass is 258 g/mol. The van der Waals surface area contributed by atoms with Crippen LogP contribution in [0, 0.1) is 11.3 Å². The summed E-state index contributed by atoms with van der Waals surface area (Å²) < 4.78 is 0. The predicted octanol–water partition coefficient (Wildman–Crippen LogP) is 2.82. The van der Waals surface area contributed by atoms with Gasteiger partial charge in [-0.25, -0.2) is 0 Å². The molecule has 17 heavy (non-hydrogen) atoms. The largest absolute Gasteiger partial charge is 0.329 e. The van der Waals surface area contributed by atoms with Crippen molar-refractivity contribution < 1.29 is 0 Å². The summed E-state index contributed by atoms with van der Waals surface area (Å²) in [6, 6.07) is 0. The number of rotatable bonds is 5. The molecule has 2 atom stereocenters. The lowest BCUT2D eigenvalue weighted by atomic mass is 9.69. The molecule has 1 saturated heterocycles. The molecule has 2 N–H and O–H groups in total. The van der Waals surface area contributed by atoms with Gasteiger partial charge in [0.15, 0.2) is 0 Å².